The lowest BCUT2D eigenvalue weighted by Gasteiger charge is -2.27. The monoisotopic (exact) mass is 344 g/mol. The Balaban J connectivity index is 2.33. The highest BCUT2D eigenvalue weighted by atomic mass is 32.2. The van der Waals surface area contributed by atoms with E-state index in [1.165, 1.54) is 0 Å². The van der Waals surface area contributed by atoms with E-state index in [4.69, 9.17) is 5.73 Å². The zero-order chi connectivity index (χ0) is 17.7. The number of nitrogen functional groups attached to an aromatic ring is 1. The van der Waals surface area contributed by atoms with Gasteiger partial charge in [0.1, 0.15) is 4.75 Å². The average Bonchev–Trinajstić information content (AvgIpc) is 2.54. The molecule has 2 atom stereocenters. The van der Waals surface area contributed by atoms with Gasteiger partial charge in [0.25, 0.3) is 0 Å². The minimum atomic E-state index is -1.20. The number of pyridine rings is 2. The maximum atomic E-state index is 12.4. The molecule has 24 heavy (non-hydrogen) atoms. The smallest absolute Gasteiger partial charge is 0.136 e. The van der Waals surface area contributed by atoms with Crippen molar-refractivity contribution in [3.8, 4) is 11.1 Å². The van der Waals surface area contributed by atoms with E-state index in [2.05, 4.69) is 21.3 Å². The first kappa shape index (κ1) is 18.4. The summed E-state index contributed by atoms with van der Waals surface area (Å²) < 4.78 is 15.2. The predicted octanol–water partition coefficient (Wildman–Crippen LogP) is 3.39. The van der Waals surface area contributed by atoms with E-state index in [9.17, 15) is 4.55 Å². The van der Waals surface area contributed by atoms with Crippen LogP contribution in [0.3, 0.4) is 0 Å². The summed E-state index contributed by atoms with van der Waals surface area (Å²) in [7, 11) is 0. The van der Waals surface area contributed by atoms with E-state index in [1.807, 2.05) is 39.0 Å². The molecule has 0 amide bonds. The second kappa shape index (κ2) is 7.79. The molecule has 2 aromatic rings. The lowest BCUT2D eigenvalue weighted by Crippen LogP contribution is -2.41. The molecule has 0 fully saturated rings. The van der Waals surface area contributed by atoms with Crippen LogP contribution in [0.25, 0.3) is 11.1 Å². The van der Waals surface area contributed by atoms with Crippen LogP contribution in [0.1, 0.15) is 38.9 Å². The van der Waals surface area contributed by atoms with Crippen LogP contribution < -0.4 is 10.5 Å². The van der Waals surface area contributed by atoms with Crippen molar-refractivity contribution in [1.82, 2.24) is 14.7 Å². The van der Waals surface area contributed by atoms with Crippen LogP contribution in [-0.2, 0) is 11.4 Å². The molecule has 3 N–H and O–H groups in total. The number of nitrogens with one attached hydrogen (secondary N) is 1. The Morgan fingerprint density at radius 2 is 2.12 bits per heavy atom. The van der Waals surface area contributed by atoms with Crippen LogP contribution in [-0.4, -0.2) is 19.3 Å². The average molecular weight is 344 g/mol. The normalized spacial score (nSPS) is 14.2. The summed E-state index contributed by atoms with van der Waals surface area (Å²) in [4.78, 5) is 8.46. The Hall–Kier alpha value is -1.89. The minimum absolute atomic E-state index is 0.175. The fraction of sp³-hybridized carbons (Fsp3) is 0.333. The second-order valence-corrected chi connectivity index (χ2v) is 8.51. The summed E-state index contributed by atoms with van der Waals surface area (Å²) >= 11 is -1.20. The van der Waals surface area contributed by atoms with Gasteiger partial charge < -0.3 is 10.3 Å². The molecule has 0 spiro atoms. The fourth-order valence-electron chi connectivity index (χ4n) is 2.18. The molecular formula is C18H24N4OS. The van der Waals surface area contributed by atoms with Gasteiger partial charge in [-0.2, -0.15) is 0 Å². The first-order valence-corrected chi connectivity index (χ1v) is 8.92. The fourth-order valence-corrected chi connectivity index (χ4v) is 3.01. The summed E-state index contributed by atoms with van der Waals surface area (Å²) in [6.45, 7) is 9.59. The minimum Gasteiger partial charge on any atom is -0.598 e. The number of aromatic nitrogens is 2. The summed E-state index contributed by atoms with van der Waals surface area (Å²) in [5.41, 5.74) is 9.29. The highest BCUT2D eigenvalue weighted by Gasteiger charge is 2.30. The molecule has 0 aliphatic heterocycles. The molecule has 0 aliphatic carbocycles. The van der Waals surface area contributed by atoms with Gasteiger partial charge in [0.2, 0.25) is 0 Å². The second-order valence-electron chi connectivity index (χ2n) is 6.51. The number of hydrogen-bond donors (Lipinski definition) is 2. The molecule has 1 unspecified atom stereocenters. The standard InChI is InChI=1S/C18H24N4OS/c1-5-6-16(22-24(23)18(2,3)4)17-11-13(7-10-21-17)14-8-9-20-12-15(14)19/h5,7-12,16,22H,1,6,19H2,2-4H3/t16-,24?/m0/s1. The number of hydrogen-bond acceptors (Lipinski definition) is 5. The number of nitrogens with zero attached hydrogens (tertiary/aromatic N) is 2. The van der Waals surface area contributed by atoms with Crippen LogP contribution in [0.4, 0.5) is 5.69 Å². The van der Waals surface area contributed by atoms with Gasteiger partial charge in [-0.05, 0) is 51.0 Å². The van der Waals surface area contributed by atoms with Crippen molar-refractivity contribution in [3.05, 3.63) is 55.1 Å². The van der Waals surface area contributed by atoms with Crippen LogP contribution >= 0.6 is 0 Å². The Kier molecular flexibility index (Phi) is 5.99. The molecule has 0 saturated carbocycles. The number of rotatable bonds is 6. The Morgan fingerprint density at radius 3 is 2.75 bits per heavy atom. The van der Waals surface area contributed by atoms with Crippen molar-refractivity contribution in [2.45, 2.75) is 38.0 Å². The molecule has 0 aromatic carbocycles. The van der Waals surface area contributed by atoms with Gasteiger partial charge in [-0.25, -0.2) is 0 Å². The van der Waals surface area contributed by atoms with Gasteiger partial charge in [-0.1, -0.05) is 6.08 Å². The lowest BCUT2D eigenvalue weighted by molar-refractivity contribution is 0.521. The Labute approximate surface area is 146 Å². The highest BCUT2D eigenvalue weighted by molar-refractivity contribution is 7.90. The maximum absolute atomic E-state index is 12.4. The van der Waals surface area contributed by atoms with E-state index in [0.717, 1.165) is 16.8 Å². The molecule has 0 radical (unpaired) electrons. The third-order valence-corrected chi connectivity index (χ3v) is 5.12. The molecule has 0 saturated heterocycles. The Bertz CT molecular complexity index is 699. The quantitative estimate of drug-likeness (QED) is 0.619. The van der Waals surface area contributed by atoms with Gasteiger partial charge in [0.15, 0.2) is 0 Å². The third-order valence-electron chi connectivity index (χ3n) is 3.51. The van der Waals surface area contributed by atoms with Crippen LogP contribution in [0.15, 0.2) is 49.4 Å². The van der Waals surface area contributed by atoms with Crippen molar-refractivity contribution in [1.29, 1.82) is 0 Å². The first-order valence-electron chi connectivity index (χ1n) is 7.77. The van der Waals surface area contributed by atoms with Gasteiger partial charge in [-0.3, -0.25) is 9.97 Å². The lowest BCUT2D eigenvalue weighted by atomic mass is 10.0. The summed E-state index contributed by atoms with van der Waals surface area (Å²) in [5, 5.41) is 0. The molecule has 0 aliphatic rings. The topological polar surface area (TPSA) is 86.9 Å². The van der Waals surface area contributed by atoms with Gasteiger partial charge in [0, 0.05) is 29.3 Å². The van der Waals surface area contributed by atoms with E-state index >= 15 is 0 Å². The maximum Gasteiger partial charge on any atom is 0.136 e. The van der Waals surface area contributed by atoms with E-state index < -0.39 is 11.4 Å². The number of anilines is 1. The van der Waals surface area contributed by atoms with Crippen molar-refractivity contribution in [3.63, 3.8) is 0 Å². The highest BCUT2D eigenvalue weighted by Crippen LogP contribution is 2.28. The summed E-state index contributed by atoms with van der Waals surface area (Å²) in [5.74, 6) is 0. The SMILES string of the molecule is C=CC[C@H](N[S+]([O-])C(C)(C)C)c1cc(-c2ccncc2N)ccn1. The van der Waals surface area contributed by atoms with Crippen LogP contribution in [0.5, 0.6) is 0 Å². The molecule has 6 heteroatoms. The summed E-state index contributed by atoms with van der Waals surface area (Å²) in [6.07, 6.45) is 7.50. The molecule has 2 rings (SSSR count). The molecule has 2 aromatic heterocycles. The predicted molar refractivity (Wildman–Crippen MR) is 100 cm³/mol. The van der Waals surface area contributed by atoms with E-state index in [1.54, 1.807) is 24.7 Å². The van der Waals surface area contributed by atoms with Crippen molar-refractivity contribution in [2.75, 3.05) is 5.73 Å². The van der Waals surface area contributed by atoms with E-state index in [0.29, 0.717) is 12.1 Å². The van der Waals surface area contributed by atoms with Gasteiger partial charge in [0.05, 0.1) is 23.6 Å². The zero-order valence-electron chi connectivity index (χ0n) is 14.3. The van der Waals surface area contributed by atoms with Crippen molar-refractivity contribution in [2.24, 2.45) is 0 Å². The molecular weight excluding hydrogens is 320 g/mol. The first-order chi connectivity index (χ1) is 11.3. The molecule has 2 heterocycles. The van der Waals surface area contributed by atoms with Gasteiger partial charge in [-0.15, -0.1) is 11.3 Å². The Morgan fingerprint density at radius 1 is 1.38 bits per heavy atom. The molecule has 0 bridgehead atoms. The van der Waals surface area contributed by atoms with Crippen LogP contribution in [0, 0.1) is 0 Å². The van der Waals surface area contributed by atoms with E-state index in [-0.39, 0.29) is 10.8 Å². The summed E-state index contributed by atoms with van der Waals surface area (Å²) in [6, 6.07) is 5.57. The molecule has 5 nitrogen and oxygen atoms in total. The van der Waals surface area contributed by atoms with Gasteiger partial charge >= 0.3 is 0 Å². The largest absolute Gasteiger partial charge is 0.598 e. The zero-order valence-corrected chi connectivity index (χ0v) is 15.1. The number of nitrogens with two attached hydrogens (primary N) is 1. The van der Waals surface area contributed by atoms with Crippen molar-refractivity contribution < 1.29 is 4.55 Å². The molecule has 128 valence electrons. The van der Waals surface area contributed by atoms with Crippen molar-refractivity contribution >= 4 is 17.0 Å². The third kappa shape index (κ3) is 4.56. The van der Waals surface area contributed by atoms with Crippen LogP contribution in [0.2, 0.25) is 0 Å².